The summed E-state index contributed by atoms with van der Waals surface area (Å²) in [5, 5.41) is 2.84. The van der Waals surface area contributed by atoms with Gasteiger partial charge in [-0.25, -0.2) is 9.18 Å². The molecule has 3 rings (SSSR count). The molecule has 9 heteroatoms. The van der Waals surface area contributed by atoms with Gasteiger partial charge in [0, 0.05) is 19.1 Å². The maximum Gasteiger partial charge on any atom is 0.416 e. The number of nitrogens with one attached hydrogen (secondary N) is 1. The molecule has 0 unspecified atom stereocenters. The molecule has 1 heterocycles. The van der Waals surface area contributed by atoms with Crippen LogP contribution < -0.4 is 10.1 Å². The molecule has 0 spiro atoms. The van der Waals surface area contributed by atoms with Crippen molar-refractivity contribution in [1.29, 1.82) is 0 Å². The molecule has 1 aliphatic rings. The summed E-state index contributed by atoms with van der Waals surface area (Å²) in [6.45, 7) is 6.17. The summed E-state index contributed by atoms with van der Waals surface area (Å²) >= 11 is 0. The lowest BCUT2D eigenvalue weighted by Gasteiger charge is -2.37. The minimum Gasteiger partial charge on any atom is -0.493 e. The number of carbonyl (C=O) groups excluding carboxylic acids is 1. The molecular formula is C26H33F4N3O2. The number of benzene rings is 2. The Morgan fingerprint density at radius 3 is 2.40 bits per heavy atom. The number of piperidine rings is 1. The van der Waals surface area contributed by atoms with Gasteiger partial charge in [-0.3, -0.25) is 0 Å². The van der Waals surface area contributed by atoms with Crippen LogP contribution in [-0.2, 0) is 19.3 Å². The van der Waals surface area contributed by atoms with Crippen LogP contribution in [0, 0.1) is 11.7 Å². The predicted molar refractivity (Wildman–Crippen MR) is 126 cm³/mol. The number of alkyl halides is 3. The van der Waals surface area contributed by atoms with Crippen molar-refractivity contribution in [2.75, 3.05) is 26.7 Å². The number of halogens is 4. The van der Waals surface area contributed by atoms with Crippen LogP contribution in [0.3, 0.4) is 0 Å². The molecule has 0 bridgehead atoms. The van der Waals surface area contributed by atoms with E-state index >= 15 is 0 Å². The summed E-state index contributed by atoms with van der Waals surface area (Å²) in [4.78, 5) is 16.8. The number of carbonyl (C=O) groups is 1. The third-order valence-electron chi connectivity index (χ3n) is 6.06. The van der Waals surface area contributed by atoms with Gasteiger partial charge in [0.2, 0.25) is 0 Å². The first kappa shape index (κ1) is 26.8. The fourth-order valence-electron chi connectivity index (χ4n) is 4.05. The van der Waals surface area contributed by atoms with Crippen LogP contribution in [0.1, 0.15) is 43.4 Å². The fraction of sp³-hybridized carbons (Fsp3) is 0.500. The average Bonchev–Trinajstić information content (AvgIpc) is 2.81. The molecule has 1 fully saturated rings. The number of hydrogen-bond donors (Lipinski definition) is 1. The van der Waals surface area contributed by atoms with E-state index in [-0.39, 0.29) is 24.7 Å². The highest BCUT2D eigenvalue weighted by Crippen LogP contribution is 2.34. The molecule has 1 N–H and O–H groups in total. The number of amides is 2. The molecule has 2 aromatic carbocycles. The van der Waals surface area contributed by atoms with Gasteiger partial charge in [-0.05, 0) is 74.3 Å². The number of hydrogen-bond acceptors (Lipinski definition) is 3. The standard InChI is InChI=1S/C26H33F4N3O2/c1-18(2)17-35-23-8-4-19(5-9-23)15-31-25(34)33(22-10-12-32(3)13-11-22)16-20-6-7-21(27)14-24(20)26(28,29)30/h4-9,14,18,22H,10-13,15-17H2,1-3H3,(H,31,34). The summed E-state index contributed by atoms with van der Waals surface area (Å²) in [6.07, 6.45) is -3.42. The van der Waals surface area contributed by atoms with Crippen LogP contribution in [-0.4, -0.2) is 48.6 Å². The molecule has 2 aromatic rings. The van der Waals surface area contributed by atoms with Gasteiger partial charge in [-0.15, -0.1) is 0 Å². The van der Waals surface area contributed by atoms with Crippen molar-refractivity contribution in [3.05, 3.63) is 65.0 Å². The van der Waals surface area contributed by atoms with Gasteiger partial charge in [0.05, 0.1) is 12.2 Å². The van der Waals surface area contributed by atoms with E-state index in [2.05, 4.69) is 24.1 Å². The Hall–Kier alpha value is -2.81. The van der Waals surface area contributed by atoms with Crippen LogP contribution in [0.4, 0.5) is 22.4 Å². The number of rotatable bonds is 8. The lowest BCUT2D eigenvalue weighted by atomic mass is 10.0. The quantitative estimate of drug-likeness (QED) is 0.479. The Kier molecular flexibility index (Phi) is 8.99. The van der Waals surface area contributed by atoms with Gasteiger partial charge in [-0.2, -0.15) is 13.2 Å². The SMILES string of the molecule is CC(C)COc1ccc(CNC(=O)N(Cc2ccc(F)cc2C(F)(F)F)C2CCN(C)CC2)cc1. The van der Waals surface area contributed by atoms with E-state index in [9.17, 15) is 22.4 Å². The van der Waals surface area contributed by atoms with Gasteiger partial charge in [0.25, 0.3) is 0 Å². The summed E-state index contributed by atoms with van der Waals surface area (Å²) in [5.41, 5.74) is -0.337. The molecule has 1 aliphatic heterocycles. The van der Waals surface area contributed by atoms with Gasteiger partial charge >= 0.3 is 12.2 Å². The Bertz CT molecular complexity index is 972. The smallest absolute Gasteiger partial charge is 0.416 e. The zero-order valence-corrected chi connectivity index (χ0v) is 20.4. The topological polar surface area (TPSA) is 44.8 Å². The van der Waals surface area contributed by atoms with Crippen LogP contribution in [0.5, 0.6) is 5.75 Å². The zero-order chi connectivity index (χ0) is 25.6. The van der Waals surface area contributed by atoms with E-state index in [1.807, 2.05) is 31.3 Å². The minimum atomic E-state index is -4.72. The van der Waals surface area contributed by atoms with Crippen LogP contribution >= 0.6 is 0 Å². The highest BCUT2D eigenvalue weighted by molar-refractivity contribution is 5.74. The van der Waals surface area contributed by atoms with Crippen molar-refractivity contribution in [1.82, 2.24) is 15.1 Å². The first-order valence-electron chi connectivity index (χ1n) is 11.8. The number of ether oxygens (including phenoxy) is 1. The van der Waals surface area contributed by atoms with Crippen molar-refractivity contribution in [2.45, 2.75) is 52.0 Å². The van der Waals surface area contributed by atoms with Crippen molar-refractivity contribution in [3.63, 3.8) is 0 Å². The molecule has 0 saturated carbocycles. The van der Waals surface area contributed by atoms with E-state index in [0.29, 0.717) is 31.4 Å². The van der Waals surface area contributed by atoms with E-state index in [4.69, 9.17) is 4.74 Å². The first-order chi connectivity index (χ1) is 16.5. The first-order valence-corrected chi connectivity index (χ1v) is 11.8. The number of likely N-dealkylation sites (tertiary alicyclic amines) is 1. The Balaban J connectivity index is 1.73. The maximum atomic E-state index is 13.6. The normalized spacial score (nSPS) is 15.3. The number of nitrogens with zero attached hydrogens (tertiary/aromatic N) is 2. The van der Waals surface area contributed by atoms with E-state index < -0.39 is 23.6 Å². The van der Waals surface area contributed by atoms with Crippen molar-refractivity contribution < 1.29 is 27.1 Å². The van der Waals surface area contributed by atoms with Crippen molar-refractivity contribution in [3.8, 4) is 5.75 Å². The van der Waals surface area contributed by atoms with Gasteiger partial charge in [0.1, 0.15) is 11.6 Å². The Labute approximate surface area is 204 Å². The molecule has 5 nitrogen and oxygen atoms in total. The van der Waals surface area contributed by atoms with Crippen LogP contribution in [0.25, 0.3) is 0 Å². The summed E-state index contributed by atoms with van der Waals surface area (Å²) in [5.74, 6) is 0.174. The highest BCUT2D eigenvalue weighted by Gasteiger charge is 2.36. The third-order valence-corrected chi connectivity index (χ3v) is 6.06. The second kappa shape index (κ2) is 11.7. The number of urea groups is 1. The Morgan fingerprint density at radius 1 is 1.14 bits per heavy atom. The molecule has 0 aliphatic carbocycles. The van der Waals surface area contributed by atoms with Crippen LogP contribution in [0.2, 0.25) is 0 Å². The fourth-order valence-corrected chi connectivity index (χ4v) is 4.05. The molecule has 1 saturated heterocycles. The minimum absolute atomic E-state index is 0.125. The maximum absolute atomic E-state index is 13.6. The van der Waals surface area contributed by atoms with E-state index in [1.165, 1.54) is 4.90 Å². The molecule has 2 amide bonds. The average molecular weight is 496 g/mol. The van der Waals surface area contributed by atoms with E-state index in [1.54, 1.807) is 0 Å². The van der Waals surface area contributed by atoms with Crippen LogP contribution in [0.15, 0.2) is 42.5 Å². The van der Waals surface area contributed by atoms with Gasteiger partial charge < -0.3 is 19.9 Å². The highest BCUT2D eigenvalue weighted by atomic mass is 19.4. The second-order valence-corrected chi connectivity index (χ2v) is 9.47. The molecule has 192 valence electrons. The monoisotopic (exact) mass is 495 g/mol. The Morgan fingerprint density at radius 2 is 1.80 bits per heavy atom. The van der Waals surface area contributed by atoms with E-state index in [0.717, 1.165) is 36.5 Å². The lowest BCUT2D eigenvalue weighted by Crippen LogP contribution is -2.49. The van der Waals surface area contributed by atoms with Crippen molar-refractivity contribution >= 4 is 6.03 Å². The largest absolute Gasteiger partial charge is 0.493 e. The van der Waals surface area contributed by atoms with Gasteiger partial charge in [0.15, 0.2) is 0 Å². The molecule has 0 aromatic heterocycles. The predicted octanol–water partition coefficient (Wildman–Crippen LogP) is 5.69. The van der Waals surface area contributed by atoms with Crippen molar-refractivity contribution in [2.24, 2.45) is 5.92 Å². The summed E-state index contributed by atoms with van der Waals surface area (Å²) < 4.78 is 60.0. The lowest BCUT2D eigenvalue weighted by molar-refractivity contribution is -0.138. The molecule has 0 atom stereocenters. The molecule has 35 heavy (non-hydrogen) atoms. The summed E-state index contributed by atoms with van der Waals surface area (Å²) in [6, 6.07) is 9.28. The summed E-state index contributed by atoms with van der Waals surface area (Å²) in [7, 11) is 1.97. The van der Waals surface area contributed by atoms with Gasteiger partial charge in [-0.1, -0.05) is 32.0 Å². The molecular weight excluding hydrogens is 462 g/mol. The molecule has 0 radical (unpaired) electrons. The second-order valence-electron chi connectivity index (χ2n) is 9.47. The third kappa shape index (κ3) is 7.85. The zero-order valence-electron chi connectivity index (χ0n) is 20.4.